The van der Waals surface area contributed by atoms with Crippen LogP contribution in [0.5, 0.6) is 0 Å². The molecule has 0 radical (unpaired) electrons. The summed E-state index contributed by atoms with van der Waals surface area (Å²) in [6, 6.07) is 2.01. The molecule has 6 heteroatoms. The predicted molar refractivity (Wildman–Crippen MR) is 84.6 cm³/mol. The molecule has 1 aliphatic heterocycles. The molecule has 1 atom stereocenters. The lowest BCUT2D eigenvalue weighted by molar-refractivity contribution is 0.0701. The van der Waals surface area contributed by atoms with Gasteiger partial charge in [-0.15, -0.1) is 0 Å². The van der Waals surface area contributed by atoms with Gasteiger partial charge in [0, 0.05) is 51.0 Å². The van der Waals surface area contributed by atoms with E-state index < -0.39 is 0 Å². The summed E-state index contributed by atoms with van der Waals surface area (Å²) in [5.74, 6) is 2.17. The summed E-state index contributed by atoms with van der Waals surface area (Å²) in [4.78, 5) is 6.72. The molecule has 2 aromatic rings. The van der Waals surface area contributed by atoms with Gasteiger partial charge in [0.15, 0.2) is 0 Å². The third kappa shape index (κ3) is 3.82. The molecule has 3 heterocycles. The average Bonchev–Trinajstić information content (AvgIpc) is 3.16. The summed E-state index contributed by atoms with van der Waals surface area (Å²) in [5, 5.41) is 4.13. The van der Waals surface area contributed by atoms with Crippen LogP contribution in [0.15, 0.2) is 23.1 Å². The molecule has 6 nitrogen and oxygen atoms in total. The van der Waals surface area contributed by atoms with E-state index in [9.17, 15) is 0 Å². The van der Waals surface area contributed by atoms with Crippen LogP contribution in [0.4, 0.5) is 0 Å². The van der Waals surface area contributed by atoms with Gasteiger partial charge in [0.25, 0.3) is 0 Å². The van der Waals surface area contributed by atoms with Crippen molar-refractivity contribution in [3.8, 4) is 0 Å². The van der Waals surface area contributed by atoms with Gasteiger partial charge in [-0.3, -0.25) is 4.90 Å². The van der Waals surface area contributed by atoms with Crippen LogP contribution in [0.25, 0.3) is 0 Å². The maximum atomic E-state index is 5.95. The summed E-state index contributed by atoms with van der Waals surface area (Å²) >= 11 is 0. The molecule has 23 heavy (non-hydrogen) atoms. The molecular formula is C17H24N4O2. The van der Waals surface area contributed by atoms with Crippen molar-refractivity contribution >= 4 is 0 Å². The van der Waals surface area contributed by atoms with Crippen LogP contribution in [-0.4, -0.2) is 39.4 Å². The van der Waals surface area contributed by atoms with E-state index in [-0.39, 0.29) is 0 Å². The molecule has 0 unspecified atom stereocenters. The molecule has 124 valence electrons. The lowest BCUT2D eigenvalue weighted by Gasteiger charge is -2.23. The van der Waals surface area contributed by atoms with Gasteiger partial charge >= 0.3 is 0 Å². The summed E-state index contributed by atoms with van der Waals surface area (Å²) in [5.41, 5.74) is 2.25. The van der Waals surface area contributed by atoms with Gasteiger partial charge in [0.2, 0.25) is 0 Å². The van der Waals surface area contributed by atoms with Crippen LogP contribution >= 0.6 is 0 Å². The molecule has 2 aliphatic rings. The highest BCUT2D eigenvalue weighted by Gasteiger charge is 2.25. The van der Waals surface area contributed by atoms with E-state index in [0.717, 1.165) is 56.8 Å². The molecule has 1 aliphatic carbocycles. The maximum absolute atomic E-state index is 5.95. The Morgan fingerprint density at radius 2 is 2.13 bits per heavy atom. The largest absolute Gasteiger partial charge is 0.381 e. The van der Waals surface area contributed by atoms with Gasteiger partial charge in [-0.05, 0) is 25.7 Å². The van der Waals surface area contributed by atoms with Crippen LogP contribution in [0.3, 0.4) is 0 Å². The molecule has 1 fully saturated rings. The standard InChI is InChI=1S/C17H24N4O2/c1-13-4-16(19-23-13)8-20-6-15(11-22-10-14-2-3-14)7-21-12-18-5-17(21)9-20/h4-5,12,14-15H,2-3,6-11H2,1H3/t15-/m1/s1. The van der Waals surface area contributed by atoms with E-state index in [1.165, 1.54) is 18.5 Å². The Labute approximate surface area is 136 Å². The first-order valence-electron chi connectivity index (χ1n) is 8.47. The summed E-state index contributed by atoms with van der Waals surface area (Å²) in [6.45, 7) is 7.38. The molecule has 0 N–H and O–H groups in total. The van der Waals surface area contributed by atoms with Crippen molar-refractivity contribution in [2.45, 2.75) is 39.4 Å². The van der Waals surface area contributed by atoms with Crippen molar-refractivity contribution in [1.29, 1.82) is 0 Å². The molecule has 0 saturated heterocycles. The van der Waals surface area contributed by atoms with E-state index in [0.29, 0.717) is 5.92 Å². The number of nitrogens with zero attached hydrogens (tertiary/aromatic N) is 4. The van der Waals surface area contributed by atoms with Crippen LogP contribution in [0, 0.1) is 18.8 Å². The fraction of sp³-hybridized carbons (Fsp3) is 0.647. The number of ether oxygens (including phenoxy) is 1. The Bertz CT molecular complexity index is 647. The molecule has 0 bridgehead atoms. The van der Waals surface area contributed by atoms with Crippen LogP contribution in [0.2, 0.25) is 0 Å². The van der Waals surface area contributed by atoms with E-state index in [1.54, 1.807) is 0 Å². The maximum Gasteiger partial charge on any atom is 0.133 e. The molecule has 2 aromatic heterocycles. The highest BCUT2D eigenvalue weighted by Crippen LogP contribution is 2.29. The molecule has 1 saturated carbocycles. The first-order chi connectivity index (χ1) is 11.3. The topological polar surface area (TPSA) is 56.3 Å². The second-order valence-electron chi connectivity index (χ2n) is 6.98. The Morgan fingerprint density at radius 1 is 1.26 bits per heavy atom. The predicted octanol–water partition coefficient (Wildman–Crippen LogP) is 2.24. The van der Waals surface area contributed by atoms with E-state index in [4.69, 9.17) is 9.26 Å². The molecule has 4 rings (SSSR count). The Kier molecular flexibility index (Phi) is 4.18. The van der Waals surface area contributed by atoms with Crippen molar-refractivity contribution in [2.75, 3.05) is 19.8 Å². The third-order valence-electron chi connectivity index (χ3n) is 4.62. The minimum Gasteiger partial charge on any atom is -0.381 e. The number of rotatable bonds is 6. The van der Waals surface area contributed by atoms with Gasteiger partial charge in [-0.25, -0.2) is 4.98 Å². The monoisotopic (exact) mass is 316 g/mol. The fourth-order valence-electron chi connectivity index (χ4n) is 3.27. The van der Waals surface area contributed by atoms with E-state index in [2.05, 4.69) is 19.6 Å². The van der Waals surface area contributed by atoms with Crippen LogP contribution < -0.4 is 0 Å². The normalized spacial score (nSPS) is 22.0. The Morgan fingerprint density at radius 3 is 2.91 bits per heavy atom. The zero-order valence-electron chi connectivity index (χ0n) is 13.6. The first-order valence-corrected chi connectivity index (χ1v) is 8.47. The van der Waals surface area contributed by atoms with Crippen molar-refractivity contribution in [3.63, 3.8) is 0 Å². The number of hydrogen-bond acceptors (Lipinski definition) is 5. The van der Waals surface area contributed by atoms with Crippen LogP contribution in [-0.2, 0) is 24.4 Å². The molecule has 0 aromatic carbocycles. The first kappa shape index (κ1) is 14.9. The fourth-order valence-corrected chi connectivity index (χ4v) is 3.27. The number of aryl methyl sites for hydroxylation is 1. The zero-order chi connectivity index (χ0) is 15.6. The van der Waals surface area contributed by atoms with Crippen molar-refractivity contribution in [1.82, 2.24) is 19.6 Å². The highest BCUT2D eigenvalue weighted by atomic mass is 16.5. The van der Waals surface area contributed by atoms with Gasteiger partial charge in [-0.1, -0.05) is 5.16 Å². The van der Waals surface area contributed by atoms with Crippen molar-refractivity contribution in [2.24, 2.45) is 11.8 Å². The smallest absolute Gasteiger partial charge is 0.133 e. The average molecular weight is 316 g/mol. The Hall–Kier alpha value is -1.66. The summed E-state index contributed by atoms with van der Waals surface area (Å²) in [6.07, 6.45) is 6.59. The minimum absolute atomic E-state index is 0.484. The van der Waals surface area contributed by atoms with Crippen molar-refractivity contribution < 1.29 is 9.26 Å². The van der Waals surface area contributed by atoms with E-state index >= 15 is 0 Å². The second-order valence-corrected chi connectivity index (χ2v) is 6.98. The number of hydrogen-bond donors (Lipinski definition) is 0. The SMILES string of the molecule is Cc1cc(CN2Cc3cncn3C[C@H](COCC3CC3)C2)no1. The zero-order valence-corrected chi connectivity index (χ0v) is 13.6. The minimum atomic E-state index is 0.484. The number of imidazole rings is 1. The van der Waals surface area contributed by atoms with Crippen LogP contribution in [0.1, 0.15) is 30.0 Å². The lowest BCUT2D eigenvalue weighted by Crippen LogP contribution is -2.30. The third-order valence-corrected chi connectivity index (χ3v) is 4.62. The molecule has 0 spiro atoms. The highest BCUT2D eigenvalue weighted by molar-refractivity contribution is 5.05. The van der Waals surface area contributed by atoms with Gasteiger partial charge in [-0.2, -0.15) is 0 Å². The second kappa shape index (κ2) is 6.45. The number of fused-ring (bicyclic) bond motifs is 1. The summed E-state index contributed by atoms with van der Waals surface area (Å²) in [7, 11) is 0. The van der Waals surface area contributed by atoms with Gasteiger partial charge in [0.1, 0.15) is 5.76 Å². The quantitative estimate of drug-likeness (QED) is 0.818. The Balaban J connectivity index is 1.42. The summed E-state index contributed by atoms with van der Waals surface area (Å²) < 4.78 is 13.4. The van der Waals surface area contributed by atoms with Gasteiger partial charge in [0.05, 0.1) is 24.3 Å². The van der Waals surface area contributed by atoms with Crippen molar-refractivity contribution in [3.05, 3.63) is 35.7 Å². The molecular weight excluding hydrogens is 292 g/mol. The van der Waals surface area contributed by atoms with E-state index in [1.807, 2.05) is 25.5 Å². The van der Waals surface area contributed by atoms with Gasteiger partial charge < -0.3 is 13.8 Å². The molecule has 0 amide bonds. The lowest BCUT2D eigenvalue weighted by atomic mass is 10.1. The number of aromatic nitrogens is 3.